The molecule has 1 fully saturated rings. The SMILES string of the molecule is O=C(Nc1ccccc1Oc1ccccc1)c1cncc(C(=O)NC2CC2)c1. The van der Waals surface area contributed by atoms with Crippen LogP contribution in [0.15, 0.2) is 73.1 Å². The van der Waals surface area contributed by atoms with Gasteiger partial charge in [-0.2, -0.15) is 0 Å². The first-order valence-corrected chi connectivity index (χ1v) is 9.08. The Kier molecular flexibility index (Phi) is 5.01. The summed E-state index contributed by atoms with van der Waals surface area (Å²) in [6, 6.07) is 18.3. The van der Waals surface area contributed by atoms with Gasteiger partial charge in [-0.1, -0.05) is 30.3 Å². The number of anilines is 1. The van der Waals surface area contributed by atoms with Crippen LogP contribution in [0.5, 0.6) is 11.5 Å². The van der Waals surface area contributed by atoms with Gasteiger partial charge in [0.1, 0.15) is 5.75 Å². The highest BCUT2D eigenvalue weighted by Crippen LogP contribution is 2.29. The number of aromatic nitrogens is 1. The second kappa shape index (κ2) is 7.92. The highest BCUT2D eigenvalue weighted by molar-refractivity contribution is 6.06. The summed E-state index contributed by atoms with van der Waals surface area (Å²) in [6.07, 6.45) is 4.89. The molecule has 1 aliphatic rings. The quantitative estimate of drug-likeness (QED) is 0.684. The molecule has 1 heterocycles. The number of benzene rings is 2. The van der Waals surface area contributed by atoms with E-state index >= 15 is 0 Å². The summed E-state index contributed by atoms with van der Waals surface area (Å²) in [5.41, 5.74) is 1.20. The zero-order chi connectivity index (χ0) is 19.3. The Balaban J connectivity index is 1.50. The molecule has 0 saturated heterocycles. The molecule has 0 aliphatic heterocycles. The molecule has 0 spiro atoms. The van der Waals surface area contributed by atoms with Crippen LogP contribution in [0.2, 0.25) is 0 Å². The molecular weight excluding hydrogens is 354 g/mol. The van der Waals surface area contributed by atoms with Crippen molar-refractivity contribution in [3.05, 3.63) is 84.2 Å². The molecule has 0 bridgehead atoms. The van der Waals surface area contributed by atoms with Gasteiger partial charge in [0.15, 0.2) is 5.75 Å². The fourth-order valence-electron chi connectivity index (χ4n) is 2.65. The number of rotatable bonds is 6. The van der Waals surface area contributed by atoms with Crippen molar-refractivity contribution < 1.29 is 14.3 Å². The van der Waals surface area contributed by atoms with Crippen LogP contribution in [-0.4, -0.2) is 22.8 Å². The van der Waals surface area contributed by atoms with Crippen molar-refractivity contribution in [2.75, 3.05) is 5.32 Å². The molecule has 2 N–H and O–H groups in total. The second-order valence-electron chi connectivity index (χ2n) is 6.58. The molecular formula is C22H19N3O3. The maximum Gasteiger partial charge on any atom is 0.257 e. The van der Waals surface area contributed by atoms with Gasteiger partial charge in [-0.25, -0.2) is 0 Å². The summed E-state index contributed by atoms with van der Waals surface area (Å²) in [5.74, 6) is 0.623. The molecule has 1 saturated carbocycles. The van der Waals surface area contributed by atoms with Crippen LogP contribution >= 0.6 is 0 Å². The number of pyridine rings is 1. The summed E-state index contributed by atoms with van der Waals surface area (Å²) in [5, 5.41) is 5.72. The molecule has 6 nitrogen and oxygen atoms in total. The first-order chi connectivity index (χ1) is 13.7. The zero-order valence-electron chi connectivity index (χ0n) is 15.1. The Morgan fingerprint density at radius 3 is 2.32 bits per heavy atom. The average Bonchev–Trinajstić information content (AvgIpc) is 3.54. The third-order valence-electron chi connectivity index (χ3n) is 4.28. The smallest absolute Gasteiger partial charge is 0.257 e. The summed E-state index contributed by atoms with van der Waals surface area (Å²) >= 11 is 0. The highest BCUT2D eigenvalue weighted by Gasteiger charge is 2.24. The fraction of sp³-hybridized carbons (Fsp3) is 0.136. The molecule has 0 atom stereocenters. The van der Waals surface area contributed by atoms with Crippen molar-refractivity contribution in [2.45, 2.75) is 18.9 Å². The normalized spacial score (nSPS) is 12.9. The van der Waals surface area contributed by atoms with Crippen molar-refractivity contribution in [1.82, 2.24) is 10.3 Å². The van der Waals surface area contributed by atoms with Gasteiger partial charge in [-0.05, 0) is 43.2 Å². The Hall–Kier alpha value is -3.67. The van der Waals surface area contributed by atoms with E-state index < -0.39 is 0 Å². The summed E-state index contributed by atoms with van der Waals surface area (Å²) in [7, 11) is 0. The van der Waals surface area contributed by atoms with Crippen molar-refractivity contribution in [2.24, 2.45) is 0 Å². The largest absolute Gasteiger partial charge is 0.455 e. The molecule has 3 aromatic rings. The number of hydrogen-bond donors (Lipinski definition) is 2. The zero-order valence-corrected chi connectivity index (χ0v) is 15.1. The Morgan fingerprint density at radius 1 is 0.893 bits per heavy atom. The van der Waals surface area contributed by atoms with Gasteiger partial charge in [0.2, 0.25) is 0 Å². The fourth-order valence-corrected chi connectivity index (χ4v) is 2.65. The van der Waals surface area contributed by atoms with Gasteiger partial charge in [-0.3, -0.25) is 14.6 Å². The van der Waals surface area contributed by atoms with Crippen LogP contribution in [0.1, 0.15) is 33.6 Å². The lowest BCUT2D eigenvalue weighted by atomic mass is 10.1. The van der Waals surface area contributed by atoms with Crippen molar-refractivity contribution in [1.29, 1.82) is 0 Å². The summed E-state index contributed by atoms with van der Waals surface area (Å²) in [6.45, 7) is 0. The topological polar surface area (TPSA) is 80.3 Å². The van der Waals surface area contributed by atoms with Gasteiger partial charge in [0, 0.05) is 18.4 Å². The van der Waals surface area contributed by atoms with Gasteiger partial charge in [0.05, 0.1) is 16.8 Å². The summed E-state index contributed by atoms with van der Waals surface area (Å²) in [4.78, 5) is 28.9. The molecule has 140 valence electrons. The van der Waals surface area contributed by atoms with E-state index in [2.05, 4.69) is 15.6 Å². The molecule has 0 radical (unpaired) electrons. The minimum atomic E-state index is -0.363. The number of para-hydroxylation sites is 3. The lowest BCUT2D eigenvalue weighted by molar-refractivity contribution is 0.0950. The van der Waals surface area contributed by atoms with Crippen molar-refractivity contribution >= 4 is 17.5 Å². The van der Waals surface area contributed by atoms with Crippen LogP contribution in [0.25, 0.3) is 0 Å². The van der Waals surface area contributed by atoms with E-state index in [1.807, 2.05) is 42.5 Å². The standard InChI is InChI=1S/C22H19N3O3/c26-21(24-17-10-11-17)15-12-16(14-23-13-15)22(27)25-19-8-4-5-9-20(19)28-18-6-2-1-3-7-18/h1-9,12-14,17H,10-11H2,(H,24,26)(H,25,27). The van der Waals surface area contributed by atoms with Crippen LogP contribution in [0.4, 0.5) is 5.69 Å². The van der Waals surface area contributed by atoms with E-state index in [4.69, 9.17) is 4.74 Å². The Labute approximate surface area is 162 Å². The monoisotopic (exact) mass is 373 g/mol. The van der Waals surface area contributed by atoms with Gasteiger partial charge in [0.25, 0.3) is 11.8 Å². The molecule has 1 aromatic heterocycles. The van der Waals surface area contributed by atoms with E-state index in [9.17, 15) is 9.59 Å². The van der Waals surface area contributed by atoms with Crippen LogP contribution in [0, 0.1) is 0 Å². The molecule has 2 amide bonds. The number of ether oxygens (including phenoxy) is 1. The van der Waals surface area contributed by atoms with Gasteiger partial charge < -0.3 is 15.4 Å². The van der Waals surface area contributed by atoms with Crippen LogP contribution in [0.3, 0.4) is 0 Å². The molecule has 28 heavy (non-hydrogen) atoms. The van der Waals surface area contributed by atoms with E-state index in [0.717, 1.165) is 12.8 Å². The molecule has 2 aromatic carbocycles. The minimum Gasteiger partial charge on any atom is -0.455 e. The molecule has 4 rings (SSSR count). The number of carbonyl (C=O) groups is 2. The third-order valence-corrected chi connectivity index (χ3v) is 4.28. The summed E-state index contributed by atoms with van der Waals surface area (Å²) < 4.78 is 5.86. The van der Waals surface area contributed by atoms with E-state index in [-0.39, 0.29) is 17.9 Å². The van der Waals surface area contributed by atoms with Gasteiger partial charge >= 0.3 is 0 Å². The predicted molar refractivity (Wildman–Crippen MR) is 106 cm³/mol. The van der Waals surface area contributed by atoms with Crippen molar-refractivity contribution in [3.8, 4) is 11.5 Å². The minimum absolute atomic E-state index is 0.211. The van der Waals surface area contributed by atoms with Crippen molar-refractivity contribution in [3.63, 3.8) is 0 Å². The first kappa shape index (κ1) is 17.7. The van der Waals surface area contributed by atoms with E-state index in [0.29, 0.717) is 28.3 Å². The molecule has 0 unspecified atom stereocenters. The maximum absolute atomic E-state index is 12.7. The van der Waals surface area contributed by atoms with Crippen LogP contribution in [-0.2, 0) is 0 Å². The first-order valence-electron chi connectivity index (χ1n) is 9.08. The lowest BCUT2D eigenvalue weighted by Gasteiger charge is -2.12. The average molecular weight is 373 g/mol. The Morgan fingerprint density at radius 2 is 1.57 bits per heavy atom. The van der Waals surface area contributed by atoms with Crippen LogP contribution < -0.4 is 15.4 Å². The number of nitrogens with zero attached hydrogens (tertiary/aromatic N) is 1. The number of nitrogens with one attached hydrogen (secondary N) is 2. The lowest BCUT2D eigenvalue weighted by Crippen LogP contribution is -2.26. The molecule has 6 heteroatoms. The highest BCUT2D eigenvalue weighted by atomic mass is 16.5. The van der Waals surface area contributed by atoms with Gasteiger partial charge in [-0.15, -0.1) is 0 Å². The third kappa shape index (κ3) is 4.35. The predicted octanol–water partition coefficient (Wildman–Crippen LogP) is 4.02. The number of amides is 2. The Bertz CT molecular complexity index is 1000. The maximum atomic E-state index is 12.7. The number of carbonyl (C=O) groups excluding carboxylic acids is 2. The van der Waals surface area contributed by atoms with E-state index in [1.54, 1.807) is 18.2 Å². The second-order valence-corrected chi connectivity index (χ2v) is 6.58. The van der Waals surface area contributed by atoms with E-state index in [1.165, 1.54) is 12.4 Å². The molecule has 1 aliphatic carbocycles. The number of hydrogen-bond acceptors (Lipinski definition) is 4.